The Labute approximate surface area is 97.6 Å². The third kappa shape index (κ3) is 10.3. The summed E-state index contributed by atoms with van der Waals surface area (Å²) in [5, 5.41) is 26.1. The topological polar surface area (TPSA) is 73.2 Å². The minimum absolute atomic E-state index is 0.122. The summed E-state index contributed by atoms with van der Waals surface area (Å²) >= 11 is 0. The summed E-state index contributed by atoms with van der Waals surface area (Å²) in [5.74, 6) is 0. The van der Waals surface area contributed by atoms with Gasteiger partial charge < -0.3 is 20.1 Å². The minimum Gasteiger partial charge on any atom is -0.396 e. The SMILES string of the molecule is OCCCCOCCCN(CCO)CCO. The Morgan fingerprint density at radius 1 is 0.688 bits per heavy atom. The monoisotopic (exact) mass is 235 g/mol. The van der Waals surface area contributed by atoms with Gasteiger partial charge in [-0.3, -0.25) is 4.90 Å². The van der Waals surface area contributed by atoms with E-state index >= 15 is 0 Å². The van der Waals surface area contributed by atoms with Crippen LogP contribution in [-0.4, -0.2) is 72.9 Å². The van der Waals surface area contributed by atoms with Crippen molar-refractivity contribution in [1.29, 1.82) is 0 Å². The third-order valence-electron chi connectivity index (χ3n) is 2.29. The lowest BCUT2D eigenvalue weighted by molar-refractivity contribution is 0.104. The summed E-state index contributed by atoms with van der Waals surface area (Å²) in [6, 6.07) is 0. The number of hydrogen-bond donors (Lipinski definition) is 3. The Hall–Kier alpha value is -0.200. The zero-order valence-corrected chi connectivity index (χ0v) is 9.98. The molecule has 0 aromatic carbocycles. The third-order valence-corrected chi connectivity index (χ3v) is 2.29. The van der Waals surface area contributed by atoms with Crippen LogP contribution >= 0.6 is 0 Å². The van der Waals surface area contributed by atoms with E-state index in [1.807, 2.05) is 4.90 Å². The molecule has 3 N–H and O–H groups in total. The van der Waals surface area contributed by atoms with Crippen LogP contribution in [0.1, 0.15) is 19.3 Å². The average molecular weight is 235 g/mol. The smallest absolute Gasteiger partial charge is 0.0558 e. The summed E-state index contributed by atoms with van der Waals surface area (Å²) in [4.78, 5) is 2.01. The van der Waals surface area contributed by atoms with Gasteiger partial charge in [0.1, 0.15) is 0 Å². The summed E-state index contributed by atoms with van der Waals surface area (Å²) in [5.41, 5.74) is 0. The molecule has 0 aliphatic heterocycles. The minimum atomic E-state index is 0.122. The first kappa shape index (κ1) is 15.8. The molecule has 5 heteroatoms. The lowest BCUT2D eigenvalue weighted by Gasteiger charge is -2.19. The fourth-order valence-electron chi connectivity index (χ4n) is 1.43. The molecule has 0 atom stereocenters. The van der Waals surface area contributed by atoms with Crippen molar-refractivity contribution in [1.82, 2.24) is 4.90 Å². The summed E-state index contributed by atoms with van der Waals surface area (Å²) < 4.78 is 5.38. The van der Waals surface area contributed by atoms with E-state index in [0.717, 1.165) is 25.8 Å². The van der Waals surface area contributed by atoms with Gasteiger partial charge in [-0.25, -0.2) is 0 Å². The molecule has 0 bridgehead atoms. The van der Waals surface area contributed by atoms with Gasteiger partial charge in [-0.2, -0.15) is 0 Å². The second-order valence-corrected chi connectivity index (χ2v) is 3.69. The molecule has 0 amide bonds. The van der Waals surface area contributed by atoms with Gasteiger partial charge >= 0.3 is 0 Å². The number of unbranched alkanes of at least 4 members (excludes halogenated alkanes) is 1. The van der Waals surface area contributed by atoms with Crippen molar-refractivity contribution in [2.45, 2.75) is 19.3 Å². The van der Waals surface area contributed by atoms with E-state index in [1.54, 1.807) is 0 Å². The fraction of sp³-hybridized carbons (Fsp3) is 1.00. The highest BCUT2D eigenvalue weighted by molar-refractivity contribution is 4.56. The van der Waals surface area contributed by atoms with Gasteiger partial charge in [0.15, 0.2) is 0 Å². The molecule has 0 spiro atoms. The molecular formula is C11H25NO4. The molecule has 0 heterocycles. The summed E-state index contributed by atoms with van der Waals surface area (Å²) in [7, 11) is 0. The first-order valence-corrected chi connectivity index (χ1v) is 5.97. The highest BCUT2D eigenvalue weighted by Gasteiger charge is 2.02. The second kappa shape index (κ2) is 12.9. The predicted molar refractivity (Wildman–Crippen MR) is 62.4 cm³/mol. The maximum absolute atomic E-state index is 8.78. The van der Waals surface area contributed by atoms with Crippen molar-refractivity contribution in [2.75, 3.05) is 52.7 Å². The maximum Gasteiger partial charge on any atom is 0.0558 e. The molecule has 0 saturated carbocycles. The fourth-order valence-corrected chi connectivity index (χ4v) is 1.43. The van der Waals surface area contributed by atoms with Crippen LogP contribution in [0.5, 0.6) is 0 Å². The van der Waals surface area contributed by atoms with Gasteiger partial charge in [0, 0.05) is 39.5 Å². The van der Waals surface area contributed by atoms with E-state index < -0.39 is 0 Å². The predicted octanol–water partition coefficient (Wildman–Crippen LogP) is -0.548. The Bertz CT molecular complexity index is 129. The van der Waals surface area contributed by atoms with Crippen molar-refractivity contribution in [3.63, 3.8) is 0 Å². The summed E-state index contributed by atoms with van der Waals surface area (Å²) in [6.07, 6.45) is 2.59. The quantitative estimate of drug-likeness (QED) is 0.396. The molecule has 0 unspecified atom stereocenters. The summed E-state index contributed by atoms with van der Waals surface area (Å²) in [6.45, 7) is 3.90. The first-order chi connectivity index (χ1) is 7.85. The van der Waals surface area contributed by atoms with Crippen LogP contribution in [0.2, 0.25) is 0 Å². The number of hydrogen-bond acceptors (Lipinski definition) is 5. The van der Waals surface area contributed by atoms with Gasteiger partial charge in [0.2, 0.25) is 0 Å². The Kier molecular flexibility index (Phi) is 12.7. The van der Waals surface area contributed by atoms with Crippen LogP contribution in [0.3, 0.4) is 0 Å². The number of ether oxygens (including phenoxy) is 1. The standard InChI is InChI=1S/C11H25NO4/c13-7-1-2-10-16-11-3-4-12(5-8-14)6-9-15/h13-15H,1-11H2. The lowest BCUT2D eigenvalue weighted by atomic mass is 10.3. The number of nitrogens with zero attached hydrogens (tertiary/aromatic N) is 1. The largest absolute Gasteiger partial charge is 0.396 e. The average Bonchev–Trinajstić information content (AvgIpc) is 2.28. The molecule has 0 aliphatic rings. The highest BCUT2D eigenvalue weighted by atomic mass is 16.5. The zero-order valence-electron chi connectivity index (χ0n) is 9.98. The molecule has 16 heavy (non-hydrogen) atoms. The van der Waals surface area contributed by atoms with Crippen molar-refractivity contribution in [3.8, 4) is 0 Å². The van der Waals surface area contributed by atoms with Crippen molar-refractivity contribution in [3.05, 3.63) is 0 Å². The Morgan fingerprint density at radius 3 is 1.88 bits per heavy atom. The van der Waals surface area contributed by atoms with E-state index in [1.165, 1.54) is 0 Å². The second-order valence-electron chi connectivity index (χ2n) is 3.69. The molecule has 0 aromatic rings. The van der Waals surface area contributed by atoms with Gasteiger partial charge in [0.05, 0.1) is 13.2 Å². The molecule has 0 aromatic heterocycles. The lowest BCUT2D eigenvalue weighted by Crippen LogP contribution is -2.31. The molecule has 0 saturated heterocycles. The van der Waals surface area contributed by atoms with E-state index in [4.69, 9.17) is 20.1 Å². The molecular weight excluding hydrogens is 210 g/mol. The van der Waals surface area contributed by atoms with Gasteiger partial charge in [-0.1, -0.05) is 0 Å². The van der Waals surface area contributed by atoms with Crippen molar-refractivity contribution < 1.29 is 20.1 Å². The zero-order chi connectivity index (χ0) is 12.1. The number of rotatable bonds is 12. The molecule has 0 rings (SSSR count). The van der Waals surface area contributed by atoms with Crippen LogP contribution in [-0.2, 0) is 4.74 Å². The van der Waals surface area contributed by atoms with E-state index in [2.05, 4.69) is 0 Å². The molecule has 0 fully saturated rings. The Balaban J connectivity index is 3.25. The molecule has 0 radical (unpaired) electrons. The van der Waals surface area contributed by atoms with Crippen LogP contribution in [0.15, 0.2) is 0 Å². The molecule has 0 aliphatic carbocycles. The number of aliphatic hydroxyl groups excluding tert-OH is 3. The van der Waals surface area contributed by atoms with E-state index in [-0.39, 0.29) is 19.8 Å². The van der Waals surface area contributed by atoms with Crippen LogP contribution in [0.25, 0.3) is 0 Å². The van der Waals surface area contributed by atoms with E-state index in [0.29, 0.717) is 26.3 Å². The van der Waals surface area contributed by atoms with Crippen LogP contribution in [0.4, 0.5) is 0 Å². The van der Waals surface area contributed by atoms with E-state index in [9.17, 15) is 0 Å². The van der Waals surface area contributed by atoms with Crippen LogP contribution < -0.4 is 0 Å². The van der Waals surface area contributed by atoms with Gasteiger partial charge in [-0.15, -0.1) is 0 Å². The molecule has 5 nitrogen and oxygen atoms in total. The highest BCUT2D eigenvalue weighted by Crippen LogP contribution is 1.94. The molecule has 98 valence electrons. The van der Waals surface area contributed by atoms with Crippen molar-refractivity contribution in [2.24, 2.45) is 0 Å². The van der Waals surface area contributed by atoms with Crippen molar-refractivity contribution >= 4 is 0 Å². The van der Waals surface area contributed by atoms with Gasteiger partial charge in [0.25, 0.3) is 0 Å². The maximum atomic E-state index is 8.78. The Morgan fingerprint density at radius 2 is 1.31 bits per heavy atom. The first-order valence-electron chi connectivity index (χ1n) is 5.97. The number of aliphatic hydroxyl groups is 3. The van der Waals surface area contributed by atoms with Crippen LogP contribution in [0, 0.1) is 0 Å². The van der Waals surface area contributed by atoms with Gasteiger partial charge in [-0.05, 0) is 19.3 Å². The normalized spacial score (nSPS) is 11.2.